The topological polar surface area (TPSA) is 51.0 Å². The monoisotopic (exact) mass is 277 g/mol. The second-order valence-corrected chi connectivity index (χ2v) is 5.23. The summed E-state index contributed by atoms with van der Waals surface area (Å²) in [5.41, 5.74) is 0. The second kappa shape index (κ2) is 5.90. The molecule has 0 radical (unpaired) electrons. The zero-order valence-corrected chi connectivity index (χ0v) is 10.8. The maximum absolute atomic E-state index is 12.0. The van der Waals surface area contributed by atoms with Crippen molar-refractivity contribution in [2.75, 3.05) is 6.54 Å². The van der Waals surface area contributed by atoms with Crippen molar-refractivity contribution in [1.82, 2.24) is 15.5 Å². The van der Waals surface area contributed by atoms with Gasteiger partial charge in [-0.1, -0.05) is 24.9 Å². The van der Waals surface area contributed by atoms with Gasteiger partial charge in [0.1, 0.15) is 0 Å². The number of hydrogen-bond donors (Lipinski definition) is 1. The summed E-state index contributed by atoms with van der Waals surface area (Å²) in [7, 11) is 0. The lowest BCUT2D eigenvalue weighted by atomic mass is 9.82. The van der Waals surface area contributed by atoms with Crippen molar-refractivity contribution in [1.29, 1.82) is 0 Å². The predicted octanol–water partition coefficient (Wildman–Crippen LogP) is 3.02. The molecule has 1 aliphatic rings. The molecule has 0 amide bonds. The van der Waals surface area contributed by atoms with Gasteiger partial charge in [0.05, 0.1) is 13.1 Å². The molecule has 2 rings (SSSR count). The van der Waals surface area contributed by atoms with Crippen molar-refractivity contribution in [3.63, 3.8) is 0 Å². The molecular weight excluding hydrogens is 259 g/mol. The van der Waals surface area contributed by atoms with Crippen LogP contribution in [0.25, 0.3) is 0 Å². The van der Waals surface area contributed by atoms with Crippen LogP contribution in [0.15, 0.2) is 4.52 Å². The van der Waals surface area contributed by atoms with Crippen LogP contribution in [-0.2, 0) is 6.54 Å². The van der Waals surface area contributed by atoms with Crippen molar-refractivity contribution in [2.24, 2.45) is 5.92 Å². The molecule has 0 aliphatic heterocycles. The maximum Gasteiger partial charge on any atom is 0.401 e. The molecular formula is C12H18F3N3O. The van der Waals surface area contributed by atoms with E-state index < -0.39 is 12.7 Å². The quantitative estimate of drug-likeness (QED) is 0.919. The zero-order valence-electron chi connectivity index (χ0n) is 10.8. The normalized spacial score (nSPS) is 24.6. The molecule has 1 aromatic heterocycles. The van der Waals surface area contributed by atoms with E-state index in [1.807, 2.05) is 0 Å². The van der Waals surface area contributed by atoms with Crippen molar-refractivity contribution < 1.29 is 17.7 Å². The summed E-state index contributed by atoms with van der Waals surface area (Å²) >= 11 is 0. The van der Waals surface area contributed by atoms with Gasteiger partial charge in [-0.05, 0) is 18.8 Å². The molecule has 1 heterocycles. The summed E-state index contributed by atoms with van der Waals surface area (Å²) in [5, 5.41) is 6.13. The van der Waals surface area contributed by atoms with Gasteiger partial charge < -0.3 is 9.84 Å². The number of rotatable bonds is 4. The fourth-order valence-electron chi connectivity index (χ4n) is 2.49. The predicted molar refractivity (Wildman–Crippen MR) is 62.4 cm³/mol. The van der Waals surface area contributed by atoms with Crippen molar-refractivity contribution >= 4 is 0 Å². The Bertz CT molecular complexity index is 405. The first kappa shape index (κ1) is 14.3. The van der Waals surface area contributed by atoms with E-state index in [1.165, 1.54) is 6.42 Å². The molecule has 108 valence electrons. The van der Waals surface area contributed by atoms with E-state index >= 15 is 0 Å². The first-order chi connectivity index (χ1) is 8.94. The molecule has 1 aromatic rings. The van der Waals surface area contributed by atoms with Crippen molar-refractivity contribution in [2.45, 2.75) is 51.2 Å². The molecule has 1 saturated carbocycles. The van der Waals surface area contributed by atoms with Crippen LogP contribution in [0.2, 0.25) is 0 Å². The minimum absolute atomic E-state index is 0.0468. The number of nitrogens with zero attached hydrogens (tertiary/aromatic N) is 2. The highest BCUT2D eigenvalue weighted by Gasteiger charge is 2.27. The van der Waals surface area contributed by atoms with E-state index in [0.717, 1.165) is 19.3 Å². The molecule has 4 nitrogen and oxygen atoms in total. The Morgan fingerprint density at radius 3 is 2.84 bits per heavy atom. The smallest absolute Gasteiger partial charge is 0.338 e. The van der Waals surface area contributed by atoms with Crippen LogP contribution in [0.4, 0.5) is 13.2 Å². The molecule has 2 atom stereocenters. The molecule has 7 heteroatoms. The molecule has 1 N–H and O–H groups in total. The third kappa shape index (κ3) is 4.49. The van der Waals surface area contributed by atoms with Crippen molar-refractivity contribution in [3.05, 3.63) is 11.7 Å². The third-order valence-corrected chi connectivity index (χ3v) is 3.39. The highest BCUT2D eigenvalue weighted by Crippen LogP contribution is 2.34. The van der Waals surface area contributed by atoms with Crippen molar-refractivity contribution in [3.8, 4) is 0 Å². The highest BCUT2D eigenvalue weighted by atomic mass is 19.4. The average Bonchev–Trinajstić information content (AvgIpc) is 2.76. The maximum atomic E-state index is 12.0. The first-order valence-electron chi connectivity index (χ1n) is 6.54. The SMILES string of the molecule is CC1CCCC(c2noc(CNCC(F)(F)F)n2)C1. The van der Waals surface area contributed by atoms with Gasteiger partial charge in [-0.15, -0.1) is 0 Å². The van der Waals surface area contributed by atoms with Crippen LogP contribution in [0.5, 0.6) is 0 Å². The molecule has 0 aromatic carbocycles. The van der Waals surface area contributed by atoms with E-state index in [0.29, 0.717) is 11.7 Å². The van der Waals surface area contributed by atoms with Gasteiger partial charge in [0.15, 0.2) is 5.82 Å². The van der Waals surface area contributed by atoms with Gasteiger partial charge in [-0.25, -0.2) is 0 Å². The van der Waals surface area contributed by atoms with E-state index in [9.17, 15) is 13.2 Å². The molecule has 0 bridgehead atoms. The Balaban J connectivity index is 1.85. The lowest BCUT2D eigenvalue weighted by Gasteiger charge is -2.23. The number of hydrogen-bond acceptors (Lipinski definition) is 4. The van der Waals surface area contributed by atoms with Gasteiger partial charge in [-0.2, -0.15) is 18.2 Å². The average molecular weight is 277 g/mol. The molecule has 19 heavy (non-hydrogen) atoms. The van der Waals surface area contributed by atoms with E-state index in [2.05, 4.69) is 22.4 Å². The summed E-state index contributed by atoms with van der Waals surface area (Å²) in [5.74, 6) is 1.78. The third-order valence-electron chi connectivity index (χ3n) is 3.39. The van der Waals surface area contributed by atoms with Gasteiger partial charge in [0.25, 0.3) is 0 Å². The van der Waals surface area contributed by atoms with Gasteiger partial charge in [0.2, 0.25) is 5.89 Å². The molecule has 0 saturated heterocycles. The second-order valence-electron chi connectivity index (χ2n) is 5.23. The highest BCUT2D eigenvalue weighted by molar-refractivity contribution is 4.97. The molecule has 1 aliphatic carbocycles. The lowest BCUT2D eigenvalue weighted by molar-refractivity contribution is -0.125. The summed E-state index contributed by atoms with van der Waals surface area (Å²) in [4.78, 5) is 4.18. The van der Waals surface area contributed by atoms with Gasteiger partial charge in [0, 0.05) is 5.92 Å². The standard InChI is InChI=1S/C12H18F3N3O/c1-8-3-2-4-9(5-8)11-17-10(19-18-11)6-16-7-12(13,14)15/h8-9,16H,2-7H2,1H3. The Hall–Kier alpha value is -1.11. The van der Waals surface area contributed by atoms with Crippen LogP contribution < -0.4 is 5.32 Å². The fourth-order valence-corrected chi connectivity index (χ4v) is 2.49. The van der Waals surface area contributed by atoms with Crippen LogP contribution in [-0.4, -0.2) is 22.9 Å². The number of nitrogens with one attached hydrogen (secondary N) is 1. The summed E-state index contributed by atoms with van der Waals surface area (Å²) in [6.07, 6.45) is 0.187. The number of halogens is 3. The zero-order chi connectivity index (χ0) is 13.9. The molecule has 0 spiro atoms. The van der Waals surface area contributed by atoms with Gasteiger partial charge >= 0.3 is 6.18 Å². The summed E-state index contributed by atoms with van der Waals surface area (Å²) < 4.78 is 40.9. The summed E-state index contributed by atoms with van der Waals surface area (Å²) in [6.45, 7) is 1.10. The Kier molecular flexibility index (Phi) is 4.44. The van der Waals surface area contributed by atoms with Crippen LogP contribution >= 0.6 is 0 Å². The minimum Gasteiger partial charge on any atom is -0.338 e. The van der Waals surface area contributed by atoms with E-state index in [-0.39, 0.29) is 18.4 Å². The Labute approximate surface area is 109 Å². The minimum atomic E-state index is -4.22. The molecule has 1 fully saturated rings. The van der Waals surface area contributed by atoms with Crippen LogP contribution in [0.1, 0.15) is 50.2 Å². The Morgan fingerprint density at radius 1 is 1.37 bits per heavy atom. The largest absolute Gasteiger partial charge is 0.401 e. The first-order valence-corrected chi connectivity index (χ1v) is 6.54. The lowest BCUT2D eigenvalue weighted by Crippen LogP contribution is -2.28. The fraction of sp³-hybridized carbons (Fsp3) is 0.833. The van der Waals surface area contributed by atoms with Crippen LogP contribution in [0, 0.1) is 5.92 Å². The number of aromatic nitrogens is 2. The van der Waals surface area contributed by atoms with Crippen LogP contribution in [0.3, 0.4) is 0 Å². The summed E-state index contributed by atoms with van der Waals surface area (Å²) in [6, 6.07) is 0. The number of alkyl halides is 3. The van der Waals surface area contributed by atoms with E-state index in [4.69, 9.17) is 4.52 Å². The van der Waals surface area contributed by atoms with Gasteiger partial charge in [-0.3, -0.25) is 0 Å². The van der Waals surface area contributed by atoms with E-state index in [1.54, 1.807) is 0 Å². The molecule has 2 unspecified atom stereocenters. The Morgan fingerprint density at radius 2 is 2.16 bits per heavy atom.